The molecule has 0 unspecified atom stereocenters. The Balaban J connectivity index is 2.80. The molecule has 0 saturated carbocycles. The van der Waals surface area contributed by atoms with Gasteiger partial charge in [0, 0.05) is 19.5 Å². The van der Waals surface area contributed by atoms with Crippen LogP contribution in [0.4, 0.5) is 4.79 Å². The molecule has 1 fully saturated rings. The molecule has 20 heavy (non-hydrogen) atoms. The number of nitrogens with one attached hydrogen (secondary N) is 1. The maximum Gasteiger partial charge on any atom is 0.411 e. The molecule has 0 spiro atoms. The molecule has 0 aliphatic carbocycles. The number of rotatable bonds is 2. The summed E-state index contributed by atoms with van der Waals surface area (Å²) in [5.74, 6) is -1.26. The van der Waals surface area contributed by atoms with Gasteiger partial charge in [-0.3, -0.25) is 9.69 Å². The van der Waals surface area contributed by atoms with Crippen LogP contribution in [0.2, 0.25) is 0 Å². The summed E-state index contributed by atoms with van der Waals surface area (Å²) in [4.78, 5) is 35.6. The average molecular weight is 286 g/mol. The first kappa shape index (κ1) is 16.3. The van der Waals surface area contributed by atoms with Gasteiger partial charge in [0.25, 0.3) is 0 Å². The van der Waals surface area contributed by atoms with Crippen LogP contribution in [0.1, 0.15) is 40.5 Å². The number of piperidine rings is 1. The molecular weight excluding hydrogens is 264 g/mol. The van der Waals surface area contributed by atoms with E-state index in [0.717, 1.165) is 0 Å². The molecule has 7 heteroatoms. The number of nitrogens with zero attached hydrogens (tertiary/aromatic N) is 1. The number of likely N-dealkylation sites (tertiary alicyclic amines) is 1. The summed E-state index contributed by atoms with van der Waals surface area (Å²) in [5, 5.41) is 11.9. The Morgan fingerprint density at radius 1 is 1.25 bits per heavy atom. The second-order valence-corrected chi connectivity index (χ2v) is 5.96. The third-order valence-electron chi connectivity index (χ3n) is 2.90. The van der Waals surface area contributed by atoms with E-state index in [1.807, 2.05) is 0 Å². The van der Waals surface area contributed by atoms with Crippen LogP contribution in [-0.2, 0) is 14.3 Å². The van der Waals surface area contributed by atoms with Crippen molar-refractivity contribution in [3.8, 4) is 0 Å². The Morgan fingerprint density at radius 2 is 1.85 bits per heavy atom. The molecule has 1 aliphatic rings. The molecule has 114 valence electrons. The number of aliphatic carboxylic acids is 1. The number of carboxylic acid groups (broad SMARTS) is 1. The van der Waals surface area contributed by atoms with Crippen molar-refractivity contribution < 1.29 is 24.2 Å². The lowest BCUT2D eigenvalue weighted by Crippen LogP contribution is -2.56. The van der Waals surface area contributed by atoms with Crippen LogP contribution in [0.15, 0.2) is 0 Å². The highest BCUT2D eigenvalue weighted by Crippen LogP contribution is 2.21. The number of hydrogen-bond donors (Lipinski definition) is 2. The highest BCUT2D eigenvalue weighted by molar-refractivity contribution is 5.80. The van der Waals surface area contributed by atoms with Gasteiger partial charge in [0.2, 0.25) is 5.91 Å². The first-order valence-corrected chi connectivity index (χ1v) is 6.59. The molecule has 0 aromatic rings. The molecule has 1 aliphatic heterocycles. The van der Waals surface area contributed by atoms with E-state index >= 15 is 0 Å². The third kappa shape index (κ3) is 4.71. The molecule has 0 bridgehead atoms. The minimum absolute atomic E-state index is 0.144. The fourth-order valence-corrected chi connectivity index (χ4v) is 2.16. The van der Waals surface area contributed by atoms with Gasteiger partial charge < -0.3 is 15.2 Å². The molecule has 7 nitrogen and oxygen atoms in total. The number of carboxylic acids is 1. The molecule has 2 amide bonds. The fraction of sp³-hybridized carbons (Fsp3) is 0.769. The number of carbonyl (C=O) groups is 3. The van der Waals surface area contributed by atoms with Gasteiger partial charge in [-0.05, 0) is 33.6 Å². The Bertz CT molecular complexity index is 402. The summed E-state index contributed by atoms with van der Waals surface area (Å²) in [7, 11) is 0. The molecule has 1 saturated heterocycles. The van der Waals surface area contributed by atoms with Gasteiger partial charge >= 0.3 is 12.1 Å². The topological polar surface area (TPSA) is 95.9 Å². The first-order valence-electron chi connectivity index (χ1n) is 6.59. The summed E-state index contributed by atoms with van der Waals surface area (Å²) in [6, 6.07) is -1.15. The largest absolute Gasteiger partial charge is 0.480 e. The fourth-order valence-electron chi connectivity index (χ4n) is 2.16. The Morgan fingerprint density at radius 3 is 2.30 bits per heavy atom. The van der Waals surface area contributed by atoms with Gasteiger partial charge in [0.05, 0.1) is 0 Å². The van der Waals surface area contributed by atoms with E-state index in [2.05, 4.69) is 5.32 Å². The first-order chi connectivity index (χ1) is 9.10. The molecule has 2 N–H and O–H groups in total. The van der Waals surface area contributed by atoms with Crippen LogP contribution in [0.25, 0.3) is 0 Å². The molecule has 0 aromatic heterocycles. The second kappa shape index (κ2) is 6.11. The lowest BCUT2D eigenvalue weighted by molar-refractivity contribution is -0.144. The number of carbonyl (C=O) groups excluding carboxylic acids is 2. The van der Waals surface area contributed by atoms with E-state index in [1.165, 1.54) is 11.8 Å². The molecule has 1 rings (SSSR count). The van der Waals surface area contributed by atoms with Crippen LogP contribution in [0, 0.1) is 0 Å². The van der Waals surface area contributed by atoms with Gasteiger partial charge in [-0.15, -0.1) is 0 Å². The summed E-state index contributed by atoms with van der Waals surface area (Å²) in [6.45, 7) is 6.69. The normalized spacial score (nSPS) is 23.1. The smallest absolute Gasteiger partial charge is 0.411 e. The van der Waals surface area contributed by atoms with Crippen molar-refractivity contribution in [2.75, 3.05) is 6.54 Å². The predicted molar refractivity (Wildman–Crippen MR) is 71.2 cm³/mol. The number of ether oxygens (including phenoxy) is 1. The van der Waals surface area contributed by atoms with Gasteiger partial charge in [0.15, 0.2) is 0 Å². The van der Waals surface area contributed by atoms with Crippen LogP contribution in [0.3, 0.4) is 0 Å². The van der Waals surface area contributed by atoms with Crippen molar-refractivity contribution in [3.05, 3.63) is 0 Å². The molecule has 1 heterocycles. The number of amides is 2. The van der Waals surface area contributed by atoms with Crippen molar-refractivity contribution in [1.82, 2.24) is 10.2 Å². The summed E-state index contributed by atoms with van der Waals surface area (Å²) >= 11 is 0. The Hall–Kier alpha value is -1.79. The Kier molecular flexibility index (Phi) is 4.97. The minimum Gasteiger partial charge on any atom is -0.480 e. The zero-order valence-electron chi connectivity index (χ0n) is 12.3. The summed E-state index contributed by atoms with van der Waals surface area (Å²) in [5.41, 5.74) is -0.693. The van der Waals surface area contributed by atoms with Crippen molar-refractivity contribution in [2.24, 2.45) is 0 Å². The van der Waals surface area contributed by atoms with E-state index in [4.69, 9.17) is 4.74 Å². The van der Waals surface area contributed by atoms with Crippen LogP contribution < -0.4 is 5.32 Å². The zero-order valence-corrected chi connectivity index (χ0v) is 12.3. The van der Waals surface area contributed by atoms with Crippen LogP contribution in [-0.4, -0.2) is 52.2 Å². The van der Waals surface area contributed by atoms with Gasteiger partial charge in [0.1, 0.15) is 11.6 Å². The quantitative estimate of drug-likeness (QED) is 0.788. The zero-order chi connectivity index (χ0) is 15.5. The van der Waals surface area contributed by atoms with E-state index < -0.39 is 23.7 Å². The lowest BCUT2D eigenvalue weighted by atomic mass is 9.98. The second-order valence-electron chi connectivity index (χ2n) is 5.96. The van der Waals surface area contributed by atoms with E-state index in [1.54, 1.807) is 20.8 Å². The van der Waals surface area contributed by atoms with Crippen molar-refractivity contribution >= 4 is 18.0 Å². The third-order valence-corrected chi connectivity index (χ3v) is 2.90. The summed E-state index contributed by atoms with van der Waals surface area (Å²) in [6.07, 6.45) is 0.148. The molecular formula is C13H22N2O5. The van der Waals surface area contributed by atoms with Gasteiger partial charge in [-0.1, -0.05) is 0 Å². The van der Waals surface area contributed by atoms with Crippen LogP contribution in [0.5, 0.6) is 0 Å². The predicted octanol–water partition coefficient (Wildman–Crippen LogP) is 0.975. The maximum atomic E-state index is 12.1. The highest BCUT2D eigenvalue weighted by atomic mass is 16.6. The van der Waals surface area contributed by atoms with E-state index in [-0.39, 0.29) is 18.5 Å². The average Bonchev–Trinajstić information content (AvgIpc) is 2.25. The van der Waals surface area contributed by atoms with E-state index in [0.29, 0.717) is 12.8 Å². The SMILES string of the molecule is CC(=O)N[C@H]1CC[C@H](C(=O)O)N(C(=O)OC(C)(C)C)C1. The van der Waals surface area contributed by atoms with Gasteiger partial charge in [-0.2, -0.15) is 0 Å². The minimum atomic E-state index is -1.06. The molecule has 2 atom stereocenters. The van der Waals surface area contributed by atoms with E-state index in [9.17, 15) is 19.5 Å². The lowest BCUT2D eigenvalue weighted by Gasteiger charge is -2.38. The van der Waals surface area contributed by atoms with Crippen LogP contribution >= 0.6 is 0 Å². The highest BCUT2D eigenvalue weighted by Gasteiger charge is 2.38. The van der Waals surface area contributed by atoms with Gasteiger partial charge in [-0.25, -0.2) is 9.59 Å². The molecule has 0 radical (unpaired) electrons. The summed E-state index contributed by atoms with van der Waals surface area (Å²) < 4.78 is 5.22. The number of hydrogen-bond acceptors (Lipinski definition) is 4. The van der Waals surface area contributed by atoms with Crippen molar-refractivity contribution in [2.45, 2.75) is 58.2 Å². The van der Waals surface area contributed by atoms with Crippen molar-refractivity contribution in [3.63, 3.8) is 0 Å². The maximum absolute atomic E-state index is 12.1. The monoisotopic (exact) mass is 286 g/mol. The molecule has 0 aromatic carbocycles. The Labute approximate surface area is 118 Å². The van der Waals surface area contributed by atoms with Crippen molar-refractivity contribution in [1.29, 1.82) is 0 Å². The standard InChI is InChI=1S/C13H22N2O5/c1-8(16)14-9-5-6-10(11(17)18)15(7-9)12(19)20-13(2,3)4/h9-10H,5-7H2,1-4H3,(H,14,16)(H,17,18)/t9-,10+/m0/s1.